The number of likely N-dealkylation sites (tertiary alicyclic amines) is 1. The van der Waals surface area contributed by atoms with Gasteiger partial charge >= 0.3 is 5.97 Å². The minimum Gasteiger partial charge on any atom is -0.477 e. The van der Waals surface area contributed by atoms with Gasteiger partial charge in [-0.3, -0.25) is 0 Å². The first-order valence-electron chi connectivity index (χ1n) is 6.11. The van der Waals surface area contributed by atoms with Crippen molar-refractivity contribution in [1.82, 2.24) is 9.88 Å². The number of carboxylic acids is 1. The highest BCUT2D eigenvalue weighted by atomic mass is 32.1. The minimum absolute atomic E-state index is 0.348. The zero-order valence-electron chi connectivity index (χ0n) is 11.0. The Morgan fingerprint density at radius 3 is 2.89 bits per heavy atom. The molecule has 0 amide bonds. The smallest absolute Gasteiger partial charge is 0.347 e. The van der Waals surface area contributed by atoms with Gasteiger partial charge in [0, 0.05) is 19.6 Å². The number of carbonyl (C=O) groups is 1. The second-order valence-electron chi connectivity index (χ2n) is 4.89. The van der Waals surface area contributed by atoms with Gasteiger partial charge < -0.3 is 14.9 Å². The Hall–Kier alpha value is -1.14. The molecule has 0 saturated carbocycles. The summed E-state index contributed by atoms with van der Waals surface area (Å²) >= 11 is 1.27. The molecule has 0 radical (unpaired) electrons. The first-order chi connectivity index (χ1) is 8.49. The predicted octanol–water partition coefficient (Wildman–Crippen LogP) is 1.68. The molecule has 0 aromatic carbocycles. The van der Waals surface area contributed by atoms with E-state index in [1.807, 2.05) is 7.05 Å². The highest BCUT2D eigenvalue weighted by Crippen LogP contribution is 2.28. The lowest BCUT2D eigenvalue weighted by atomic mass is 10.1. The Morgan fingerprint density at radius 1 is 1.61 bits per heavy atom. The van der Waals surface area contributed by atoms with Crippen molar-refractivity contribution in [2.24, 2.45) is 0 Å². The van der Waals surface area contributed by atoms with Crippen LogP contribution in [0.3, 0.4) is 0 Å². The van der Waals surface area contributed by atoms with Gasteiger partial charge in [0.25, 0.3) is 0 Å². The van der Waals surface area contributed by atoms with Gasteiger partial charge in [-0.15, -0.1) is 0 Å². The molecule has 1 aromatic heterocycles. The van der Waals surface area contributed by atoms with E-state index in [-0.39, 0.29) is 0 Å². The molecule has 1 atom stereocenters. The van der Waals surface area contributed by atoms with E-state index in [9.17, 15) is 4.79 Å². The molecule has 2 heterocycles. The van der Waals surface area contributed by atoms with Crippen LogP contribution in [0.4, 0.5) is 5.13 Å². The van der Waals surface area contributed by atoms with Crippen LogP contribution in [0.25, 0.3) is 0 Å². The van der Waals surface area contributed by atoms with Crippen LogP contribution < -0.4 is 4.90 Å². The van der Waals surface area contributed by atoms with E-state index in [2.05, 4.69) is 21.8 Å². The van der Waals surface area contributed by atoms with E-state index in [1.165, 1.54) is 17.8 Å². The van der Waals surface area contributed by atoms with Crippen LogP contribution in [-0.4, -0.2) is 54.2 Å². The molecule has 1 saturated heterocycles. The van der Waals surface area contributed by atoms with Crippen LogP contribution in [-0.2, 0) is 0 Å². The minimum atomic E-state index is -0.884. The number of aromatic nitrogens is 1. The summed E-state index contributed by atoms with van der Waals surface area (Å²) in [6.45, 7) is 3.91. The normalized spacial score (nSPS) is 20.9. The van der Waals surface area contributed by atoms with Crippen molar-refractivity contribution in [3.05, 3.63) is 10.6 Å². The number of nitrogens with zero attached hydrogens (tertiary/aromatic N) is 3. The summed E-state index contributed by atoms with van der Waals surface area (Å²) in [6, 6.07) is 0.427. The summed E-state index contributed by atoms with van der Waals surface area (Å²) < 4.78 is 0. The third-order valence-corrected chi connectivity index (χ3v) is 4.66. The van der Waals surface area contributed by atoms with Crippen LogP contribution in [0.1, 0.15) is 28.2 Å². The van der Waals surface area contributed by atoms with Crippen molar-refractivity contribution in [2.45, 2.75) is 25.8 Å². The van der Waals surface area contributed by atoms with Gasteiger partial charge in [-0.25, -0.2) is 9.78 Å². The number of likely N-dealkylation sites (N-methyl/N-ethyl adjacent to an activating group) is 2. The summed E-state index contributed by atoms with van der Waals surface area (Å²) in [5, 5.41) is 9.87. The Labute approximate surface area is 111 Å². The molecular weight excluding hydrogens is 250 g/mol. The van der Waals surface area contributed by atoms with Crippen molar-refractivity contribution in [1.29, 1.82) is 0 Å². The summed E-state index contributed by atoms with van der Waals surface area (Å²) in [5.41, 5.74) is 0.610. The molecule has 100 valence electrons. The topological polar surface area (TPSA) is 56.7 Å². The lowest BCUT2D eigenvalue weighted by molar-refractivity contribution is 0.0701. The number of anilines is 1. The van der Waals surface area contributed by atoms with E-state index in [0.717, 1.165) is 24.6 Å². The third-order valence-electron chi connectivity index (χ3n) is 3.43. The highest BCUT2D eigenvalue weighted by molar-refractivity contribution is 7.17. The lowest BCUT2D eigenvalue weighted by Gasteiger charge is -2.35. The van der Waals surface area contributed by atoms with E-state index in [1.54, 1.807) is 6.92 Å². The van der Waals surface area contributed by atoms with Gasteiger partial charge in [-0.1, -0.05) is 11.3 Å². The number of hydrogen-bond donors (Lipinski definition) is 1. The van der Waals surface area contributed by atoms with Crippen LogP contribution in [0.2, 0.25) is 0 Å². The van der Waals surface area contributed by atoms with Crippen molar-refractivity contribution in [3.63, 3.8) is 0 Å². The fourth-order valence-corrected chi connectivity index (χ4v) is 3.28. The number of hydrogen-bond acceptors (Lipinski definition) is 5. The SMILES string of the molecule is Cc1nc(N(C)C2CCCN(C)C2)sc1C(=O)O. The lowest BCUT2D eigenvalue weighted by Crippen LogP contribution is -2.45. The van der Waals surface area contributed by atoms with E-state index in [4.69, 9.17) is 5.11 Å². The quantitative estimate of drug-likeness (QED) is 0.904. The zero-order chi connectivity index (χ0) is 13.3. The van der Waals surface area contributed by atoms with Gasteiger partial charge in [0.15, 0.2) is 5.13 Å². The van der Waals surface area contributed by atoms with Crippen LogP contribution in [0.15, 0.2) is 0 Å². The van der Waals surface area contributed by atoms with Gasteiger partial charge in [-0.2, -0.15) is 0 Å². The first kappa shape index (κ1) is 13.3. The van der Waals surface area contributed by atoms with Gasteiger partial charge in [-0.05, 0) is 33.4 Å². The van der Waals surface area contributed by atoms with E-state index < -0.39 is 5.97 Å². The average molecular weight is 269 g/mol. The number of rotatable bonds is 3. The maximum absolute atomic E-state index is 11.0. The Bertz CT molecular complexity index is 447. The highest BCUT2D eigenvalue weighted by Gasteiger charge is 2.24. The second-order valence-corrected chi connectivity index (χ2v) is 5.86. The number of aryl methyl sites for hydroxylation is 1. The van der Waals surface area contributed by atoms with E-state index in [0.29, 0.717) is 16.6 Å². The summed E-state index contributed by atoms with van der Waals surface area (Å²) in [4.78, 5) is 20.2. The molecule has 0 bridgehead atoms. The molecule has 18 heavy (non-hydrogen) atoms. The average Bonchev–Trinajstić information content (AvgIpc) is 2.70. The summed E-state index contributed by atoms with van der Waals surface area (Å²) in [5.74, 6) is -0.884. The van der Waals surface area contributed by atoms with Crippen molar-refractivity contribution in [3.8, 4) is 0 Å². The molecular formula is C12H19N3O2S. The van der Waals surface area contributed by atoms with Crippen molar-refractivity contribution in [2.75, 3.05) is 32.1 Å². The zero-order valence-corrected chi connectivity index (χ0v) is 11.8. The molecule has 6 heteroatoms. The molecule has 0 spiro atoms. The summed E-state index contributed by atoms with van der Waals surface area (Å²) in [7, 11) is 4.13. The molecule has 1 N–H and O–H groups in total. The van der Waals surface area contributed by atoms with Gasteiger partial charge in [0.05, 0.1) is 5.69 Å². The molecule has 1 aliphatic rings. The molecule has 1 aromatic rings. The van der Waals surface area contributed by atoms with Crippen LogP contribution in [0.5, 0.6) is 0 Å². The van der Waals surface area contributed by atoms with Crippen LogP contribution in [0, 0.1) is 6.92 Å². The second kappa shape index (κ2) is 5.24. The number of carboxylic acid groups (broad SMARTS) is 1. The molecule has 5 nitrogen and oxygen atoms in total. The first-order valence-corrected chi connectivity index (χ1v) is 6.92. The number of piperidine rings is 1. The fourth-order valence-electron chi connectivity index (χ4n) is 2.34. The molecule has 2 rings (SSSR count). The molecule has 0 aliphatic carbocycles. The predicted molar refractivity (Wildman–Crippen MR) is 72.7 cm³/mol. The number of aromatic carboxylic acids is 1. The monoisotopic (exact) mass is 269 g/mol. The van der Waals surface area contributed by atoms with E-state index >= 15 is 0 Å². The van der Waals surface area contributed by atoms with Crippen molar-refractivity contribution < 1.29 is 9.90 Å². The van der Waals surface area contributed by atoms with Gasteiger partial charge in [0.2, 0.25) is 0 Å². The van der Waals surface area contributed by atoms with Crippen molar-refractivity contribution >= 4 is 22.4 Å². The van der Waals surface area contributed by atoms with Gasteiger partial charge in [0.1, 0.15) is 4.88 Å². The fraction of sp³-hybridized carbons (Fsp3) is 0.667. The molecule has 1 fully saturated rings. The maximum atomic E-state index is 11.0. The summed E-state index contributed by atoms with van der Waals surface area (Å²) in [6.07, 6.45) is 2.32. The molecule has 1 unspecified atom stereocenters. The largest absolute Gasteiger partial charge is 0.477 e. The molecule has 1 aliphatic heterocycles. The Kier molecular flexibility index (Phi) is 3.87. The Balaban J connectivity index is 2.15. The Morgan fingerprint density at radius 2 is 2.33 bits per heavy atom. The van der Waals surface area contributed by atoms with Crippen LogP contribution >= 0.6 is 11.3 Å². The third kappa shape index (κ3) is 2.64. The maximum Gasteiger partial charge on any atom is 0.347 e. The standard InChI is InChI=1S/C12H19N3O2S/c1-8-10(11(16)17)18-12(13-8)15(3)9-5-4-6-14(2)7-9/h9H,4-7H2,1-3H3,(H,16,17). The number of thiazole rings is 1.